The summed E-state index contributed by atoms with van der Waals surface area (Å²) in [5.41, 5.74) is -0.845. The summed E-state index contributed by atoms with van der Waals surface area (Å²) in [4.78, 5) is 12.4. The van der Waals surface area contributed by atoms with E-state index in [1.165, 1.54) is 12.1 Å². The molecule has 0 aromatic heterocycles. The first-order chi connectivity index (χ1) is 11.2. The second kappa shape index (κ2) is 7.09. The van der Waals surface area contributed by atoms with Crippen LogP contribution in [0.4, 0.5) is 0 Å². The maximum absolute atomic E-state index is 12.6. The lowest BCUT2D eigenvalue weighted by Crippen LogP contribution is -2.50. The Morgan fingerprint density at radius 3 is 2.50 bits per heavy atom. The van der Waals surface area contributed by atoms with E-state index in [-0.39, 0.29) is 15.8 Å². The number of rotatable bonds is 7. The van der Waals surface area contributed by atoms with Crippen LogP contribution in [0.1, 0.15) is 33.1 Å². The fourth-order valence-corrected chi connectivity index (χ4v) is 4.03. The predicted molar refractivity (Wildman–Crippen MR) is 90.7 cm³/mol. The molecule has 130 valence electrons. The summed E-state index contributed by atoms with van der Waals surface area (Å²) in [5.74, 6) is -0.398. The summed E-state index contributed by atoms with van der Waals surface area (Å²) in [6.07, 6.45) is 1.48. The van der Waals surface area contributed by atoms with Crippen LogP contribution >= 0.6 is 11.6 Å². The molecule has 2 rings (SSSR count). The standard InChI is InChI=1S/C16H20ClN3O3S/c1-11(2)9-13(15(21)19-16(10-18)7-8-16)20-24(22,23)14-6-4-3-5-12(14)17/h3-6,11,13,20H,7-9H2,1-2H3,(H,19,21)/t13-/m0/s1. The van der Waals surface area contributed by atoms with E-state index in [1.807, 2.05) is 13.8 Å². The van der Waals surface area contributed by atoms with Crippen molar-refractivity contribution >= 4 is 27.5 Å². The van der Waals surface area contributed by atoms with Crippen LogP contribution in [0.25, 0.3) is 0 Å². The average Bonchev–Trinajstić information content (AvgIpc) is 3.26. The second-order valence-electron chi connectivity index (χ2n) is 6.42. The predicted octanol–water partition coefficient (Wildman–Crippen LogP) is 2.21. The smallest absolute Gasteiger partial charge is 0.242 e. The number of benzene rings is 1. The summed E-state index contributed by atoms with van der Waals surface area (Å²) in [6.45, 7) is 3.78. The molecule has 0 spiro atoms. The molecule has 0 aliphatic heterocycles. The van der Waals surface area contributed by atoms with E-state index < -0.39 is 27.5 Å². The van der Waals surface area contributed by atoms with Crippen LogP contribution in [0.5, 0.6) is 0 Å². The molecule has 1 aliphatic carbocycles. The molecule has 1 saturated carbocycles. The number of carbonyl (C=O) groups excluding carboxylic acids is 1. The number of nitriles is 1. The van der Waals surface area contributed by atoms with Crippen molar-refractivity contribution in [1.82, 2.24) is 10.0 Å². The van der Waals surface area contributed by atoms with E-state index in [2.05, 4.69) is 16.1 Å². The number of sulfonamides is 1. The maximum Gasteiger partial charge on any atom is 0.242 e. The van der Waals surface area contributed by atoms with Gasteiger partial charge in [-0.3, -0.25) is 4.79 Å². The highest BCUT2D eigenvalue weighted by Gasteiger charge is 2.46. The van der Waals surface area contributed by atoms with Gasteiger partial charge in [0.05, 0.1) is 11.1 Å². The van der Waals surface area contributed by atoms with Crippen LogP contribution in [0, 0.1) is 17.2 Å². The van der Waals surface area contributed by atoms with E-state index >= 15 is 0 Å². The molecular formula is C16H20ClN3O3S. The lowest BCUT2D eigenvalue weighted by Gasteiger charge is -2.22. The van der Waals surface area contributed by atoms with Gasteiger partial charge in [0.2, 0.25) is 15.9 Å². The molecule has 8 heteroatoms. The van der Waals surface area contributed by atoms with Crippen molar-refractivity contribution in [3.05, 3.63) is 29.3 Å². The minimum atomic E-state index is -3.95. The Morgan fingerprint density at radius 1 is 1.38 bits per heavy atom. The van der Waals surface area contributed by atoms with Gasteiger partial charge in [-0.2, -0.15) is 9.98 Å². The van der Waals surface area contributed by atoms with Gasteiger partial charge in [-0.25, -0.2) is 8.42 Å². The Balaban J connectivity index is 2.21. The number of hydrogen-bond acceptors (Lipinski definition) is 4. The first-order valence-electron chi connectivity index (χ1n) is 7.69. The molecule has 1 fully saturated rings. The molecule has 0 bridgehead atoms. The zero-order valence-electron chi connectivity index (χ0n) is 13.5. The summed E-state index contributed by atoms with van der Waals surface area (Å²) < 4.78 is 27.5. The molecule has 0 saturated heterocycles. The molecule has 1 atom stereocenters. The third kappa shape index (κ3) is 4.47. The van der Waals surface area contributed by atoms with Crippen molar-refractivity contribution in [3.63, 3.8) is 0 Å². The van der Waals surface area contributed by atoms with Crippen LogP contribution < -0.4 is 10.0 Å². The largest absolute Gasteiger partial charge is 0.336 e. The molecule has 0 radical (unpaired) electrons. The fraction of sp³-hybridized carbons (Fsp3) is 0.500. The summed E-state index contributed by atoms with van der Waals surface area (Å²) in [5, 5.41) is 11.8. The fourth-order valence-electron chi connectivity index (χ4n) is 2.31. The van der Waals surface area contributed by atoms with Gasteiger partial charge < -0.3 is 5.32 Å². The van der Waals surface area contributed by atoms with Crippen LogP contribution in [0.2, 0.25) is 5.02 Å². The Bertz CT molecular complexity index is 767. The Kier molecular flexibility index (Phi) is 5.53. The van der Waals surface area contributed by atoms with Gasteiger partial charge in [-0.15, -0.1) is 0 Å². The van der Waals surface area contributed by atoms with Crippen molar-refractivity contribution in [2.45, 2.75) is 49.6 Å². The summed E-state index contributed by atoms with van der Waals surface area (Å²) in [7, 11) is -3.95. The number of hydrogen-bond donors (Lipinski definition) is 2. The lowest BCUT2D eigenvalue weighted by atomic mass is 10.0. The van der Waals surface area contributed by atoms with Crippen LogP contribution in [0.3, 0.4) is 0 Å². The van der Waals surface area contributed by atoms with E-state index in [4.69, 9.17) is 16.9 Å². The van der Waals surface area contributed by atoms with Gasteiger partial charge in [0.15, 0.2) is 0 Å². The average molecular weight is 370 g/mol. The first kappa shape index (κ1) is 18.7. The van der Waals surface area contributed by atoms with E-state index in [1.54, 1.807) is 12.1 Å². The van der Waals surface area contributed by atoms with E-state index in [9.17, 15) is 13.2 Å². The van der Waals surface area contributed by atoms with Crippen molar-refractivity contribution < 1.29 is 13.2 Å². The summed E-state index contributed by atoms with van der Waals surface area (Å²) in [6, 6.07) is 7.15. The number of nitrogens with one attached hydrogen (secondary N) is 2. The van der Waals surface area contributed by atoms with Crippen molar-refractivity contribution in [2.24, 2.45) is 5.92 Å². The highest BCUT2D eigenvalue weighted by atomic mass is 35.5. The van der Waals surface area contributed by atoms with Gasteiger partial charge in [-0.1, -0.05) is 37.6 Å². The minimum Gasteiger partial charge on any atom is -0.336 e. The number of amides is 1. The quantitative estimate of drug-likeness (QED) is 0.769. The molecule has 0 heterocycles. The number of halogens is 1. The Hall–Kier alpha value is -1.62. The zero-order valence-corrected chi connectivity index (χ0v) is 15.1. The van der Waals surface area contributed by atoms with E-state index in [0.717, 1.165) is 0 Å². The van der Waals surface area contributed by atoms with Gasteiger partial charge in [0.1, 0.15) is 16.5 Å². The van der Waals surface area contributed by atoms with Crippen LogP contribution in [-0.4, -0.2) is 25.9 Å². The maximum atomic E-state index is 12.6. The second-order valence-corrected chi connectivity index (χ2v) is 8.51. The molecule has 6 nitrogen and oxygen atoms in total. The van der Waals surface area contributed by atoms with Crippen LogP contribution in [-0.2, 0) is 14.8 Å². The topological polar surface area (TPSA) is 99.1 Å². The molecular weight excluding hydrogens is 350 g/mol. The Labute approximate surface area is 147 Å². The lowest BCUT2D eigenvalue weighted by molar-refractivity contribution is -0.123. The molecule has 0 unspecified atom stereocenters. The van der Waals surface area contributed by atoms with Gasteiger partial charge in [0, 0.05) is 0 Å². The molecule has 1 aromatic rings. The number of carbonyl (C=O) groups is 1. The molecule has 2 N–H and O–H groups in total. The molecule has 24 heavy (non-hydrogen) atoms. The molecule has 1 aromatic carbocycles. The summed E-state index contributed by atoms with van der Waals surface area (Å²) >= 11 is 5.95. The minimum absolute atomic E-state index is 0.0744. The zero-order chi connectivity index (χ0) is 18.0. The Morgan fingerprint density at radius 2 is 2.00 bits per heavy atom. The van der Waals surface area contributed by atoms with Gasteiger partial charge >= 0.3 is 0 Å². The molecule has 1 aliphatic rings. The highest BCUT2D eigenvalue weighted by molar-refractivity contribution is 7.89. The SMILES string of the molecule is CC(C)C[C@H](NS(=O)(=O)c1ccccc1Cl)C(=O)NC1(C#N)CC1. The van der Waals surface area contributed by atoms with Gasteiger partial charge in [0.25, 0.3) is 0 Å². The number of nitrogens with zero attached hydrogens (tertiary/aromatic N) is 1. The van der Waals surface area contributed by atoms with Gasteiger partial charge in [-0.05, 0) is 37.3 Å². The van der Waals surface area contributed by atoms with Crippen molar-refractivity contribution in [3.8, 4) is 6.07 Å². The van der Waals surface area contributed by atoms with Crippen LogP contribution in [0.15, 0.2) is 29.2 Å². The monoisotopic (exact) mass is 369 g/mol. The third-order valence-electron chi connectivity index (χ3n) is 3.77. The normalized spacial score (nSPS) is 17.1. The van der Waals surface area contributed by atoms with Crippen molar-refractivity contribution in [1.29, 1.82) is 5.26 Å². The van der Waals surface area contributed by atoms with Crippen molar-refractivity contribution in [2.75, 3.05) is 0 Å². The highest BCUT2D eigenvalue weighted by Crippen LogP contribution is 2.34. The van der Waals surface area contributed by atoms with E-state index in [0.29, 0.717) is 19.3 Å². The molecule has 1 amide bonds. The third-order valence-corrected chi connectivity index (χ3v) is 5.75. The first-order valence-corrected chi connectivity index (χ1v) is 9.55.